The third-order valence-corrected chi connectivity index (χ3v) is 3.29. The molecule has 0 bridgehead atoms. The molecule has 1 aromatic rings. The van der Waals surface area contributed by atoms with Gasteiger partial charge >= 0.3 is 6.03 Å². The molecule has 1 atom stereocenters. The zero-order valence-corrected chi connectivity index (χ0v) is 10.8. The topological polar surface area (TPSA) is 84.2 Å². The minimum Gasteiger partial charge on any atom is -0.398 e. The molecule has 1 unspecified atom stereocenters. The highest BCUT2D eigenvalue weighted by Gasteiger charge is 2.17. The highest BCUT2D eigenvalue weighted by molar-refractivity contribution is 8.00. The van der Waals surface area contributed by atoms with E-state index in [2.05, 4.69) is 10.6 Å². The number of anilines is 1. The number of rotatable bonds is 3. The van der Waals surface area contributed by atoms with Crippen LogP contribution in [0.1, 0.15) is 6.92 Å². The number of benzene rings is 1. The van der Waals surface area contributed by atoms with Gasteiger partial charge in [0.15, 0.2) is 0 Å². The second kappa shape index (κ2) is 6.25. The predicted octanol–water partition coefficient (Wildman–Crippen LogP) is 1.34. The van der Waals surface area contributed by atoms with Crippen molar-refractivity contribution in [3.05, 3.63) is 24.0 Å². The summed E-state index contributed by atoms with van der Waals surface area (Å²) < 4.78 is 13.0. The molecule has 0 saturated carbocycles. The molecule has 0 aliphatic rings. The number of imide groups is 1. The van der Waals surface area contributed by atoms with Crippen LogP contribution in [0.25, 0.3) is 0 Å². The maximum absolute atomic E-state index is 13.0. The van der Waals surface area contributed by atoms with Crippen LogP contribution in [-0.4, -0.2) is 24.2 Å². The third kappa shape index (κ3) is 3.92. The van der Waals surface area contributed by atoms with Crippen LogP contribution in [0.4, 0.5) is 14.9 Å². The van der Waals surface area contributed by atoms with Gasteiger partial charge in [-0.1, -0.05) is 0 Å². The van der Waals surface area contributed by atoms with Crippen LogP contribution in [0.5, 0.6) is 0 Å². The van der Waals surface area contributed by atoms with Crippen LogP contribution in [0.15, 0.2) is 23.1 Å². The van der Waals surface area contributed by atoms with Crippen LogP contribution < -0.4 is 16.4 Å². The lowest BCUT2D eigenvalue weighted by atomic mass is 10.3. The molecule has 0 spiro atoms. The van der Waals surface area contributed by atoms with Gasteiger partial charge in [-0.25, -0.2) is 9.18 Å². The van der Waals surface area contributed by atoms with Gasteiger partial charge in [-0.05, 0) is 25.1 Å². The number of hydrogen-bond donors (Lipinski definition) is 3. The molecule has 0 aliphatic heterocycles. The monoisotopic (exact) mass is 271 g/mol. The fraction of sp³-hybridized carbons (Fsp3) is 0.273. The van der Waals surface area contributed by atoms with E-state index in [0.29, 0.717) is 10.6 Å². The SMILES string of the molecule is CNC(=O)NC(=O)C(C)Sc1cc(F)ccc1N. The first-order valence-corrected chi connectivity index (χ1v) is 6.06. The third-order valence-electron chi connectivity index (χ3n) is 2.11. The van der Waals surface area contributed by atoms with Crippen molar-refractivity contribution in [1.82, 2.24) is 10.6 Å². The van der Waals surface area contributed by atoms with Crippen molar-refractivity contribution < 1.29 is 14.0 Å². The van der Waals surface area contributed by atoms with Crippen LogP contribution >= 0.6 is 11.8 Å². The van der Waals surface area contributed by atoms with Gasteiger partial charge in [0.05, 0.1) is 5.25 Å². The molecule has 0 fully saturated rings. The van der Waals surface area contributed by atoms with Gasteiger partial charge in [0, 0.05) is 17.6 Å². The first kappa shape index (κ1) is 14.3. The molecule has 1 aromatic carbocycles. The fourth-order valence-corrected chi connectivity index (χ4v) is 2.06. The van der Waals surface area contributed by atoms with Crippen molar-refractivity contribution in [1.29, 1.82) is 0 Å². The summed E-state index contributed by atoms with van der Waals surface area (Å²) in [6, 6.07) is 3.35. The number of carbonyl (C=O) groups is 2. The van der Waals surface area contributed by atoms with E-state index in [1.807, 2.05) is 0 Å². The zero-order valence-electron chi connectivity index (χ0n) is 9.99. The van der Waals surface area contributed by atoms with Gasteiger partial charge in [-0.3, -0.25) is 10.1 Å². The predicted molar refractivity (Wildman–Crippen MR) is 68.7 cm³/mol. The van der Waals surface area contributed by atoms with Crippen molar-refractivity contribution in [2.75, 3.05) is 12.8 Å². The number of halogens is 1. The number of nitrogens with one attached hydrogen (secondary N) is 2. The van der Waals surface area contributed by atoms with Crippen molar-refractivity contribution in [2.45, 2.75) is 17.1 Å². The van der Waals surface area contributed by atoms with Crippen molar-refractivity contribution in [3.8, 4) is 0 Å². The summed E-state index contributed by atoms with van der Waals surface area (Å²) in [5, 5.41) is 3.85. The Labute approximate surface area is 108 Å². The Morgan fingerprint density at radius 1 is 1.44 bits per heavy atom. The smallest absolute Gasteiger partial charge is 0.321 e. The highest BCUT2D eigenvalue weighted by atomic mass is 32.2. The molecule has 7 heteroatoms. The number of nitrogen functional groups attached to an aromatic ring is 1. The average molecular weight is 271 g/mol. The average Bonchev–Trinajstić information content (AvgIpc) is 2.33. The summed E-state index contributed by atoms with van der Waals surface area (Å²) in [7, 11) is 1.41. The lowest BCUT2D eigenvalue weighted by Gasteiger charge is -2.12. The maximum Gasteiger partial charge on any atom is 0.321 e. The number of hydrogen-bond acceptors (Lipinski definition) is 4. The molecular weight excluding hydrogens is 257 g/mol. The minimum absolute atomic E-state index is 0.390. The minimum atomic E-state index is -0.584. The van der Waals surface area contributed by atoms with Crippen LogP contribution in [0, 0.1) is 5.82 Å². The van der Waals surface area contributed by atoms with E-state index in [-0.39, 0.29) is 0 Å². The number of urea groups is 1. The lowest BCUT2D eigenvalue weighted by molar-refractivity contribution is -0.119. The largest absolute Gasteiger partial charge is 0.398 e. The van der Waals surface area contributed by atoms with Crippen LogP contribution in [0.3, 0.4) is 0 Å². The number of nitrogens with two attached hydrogens (primary N) is 1. The highest BCUT2D eigenvalue weighted by Crippen LogP contribution is 2.29. The number of thioether (sulfide) groups is 1. The lowest BCUT2D eigenvalue weighted by Crippen LogP contribution is -2.41. The number of carbonyl (C=O) groups excluding carboxylic acids is 2. The van der Waals surface area contributed by atoms with E-state index in [0.717, 1.165) is 11.8 Å². The first-order chi connectivity index (χ1) is 8.43. The Morgan fingerprint density at radius 2 is 2.11 bits per heavy atom. The van der Waals surface area contributed by atoms with E-state index in [1.54, 1.807) is 6.92 Å². The first-order valence-electron chi connectivity index (χ1n) is 5.18. The van der Waals surface area contributed by atoms with Crippen molar-refractivity contribution in [2.24, 2.45) is 0 Å². The molecule has 0 heterocycles. The summed E-state index contributed by atoms with van der Waals surface area (Å²) in [6.45, 7) is 1.60. The Morgan fingerprint density at radius 3 is 2.72 bits per heavy atom. The van der Waals surface area contributed by atoms with Gasteiger partial charge in [-0.15, -0.1) is 11.8 Å². The molecular formula is C11H14FN3O2S. The van der Waals surface area contributed by atoms with E-state index in [9.17, 15) is 14.0 Å². The van der Waals surface area contributed by atoms with Gasteiger partial charge in [0.25, 0.3) is 0 Å². The van der Waals surface area contributed by atoms with E-state index < -0.39 is 23.0 Å². The van der Waals surface area contributed by atoms with Gasteiger partial charge in [0.2, 0.25) is 5.91 Å². The zero-order chi connectivity index (χ0) is 13.7. The van der Waals surface area contributed by atoms with E-state index in [4.69, 9.17) is 5.73 Å². The van der Waals surface area contributed by atoms with Gasteiger partial charge < -0.3 is 11.1 Å². The van der Waals surface area contributed by atoms with Crippen LogP contribution in [-0.2, 0) is 4.79 Å². The fourth-order valence-electron chi connectivity index (χ4n) is 1.13. The summed E-state index contributed by atoms with van der Waals surface area (Å²) in [4.78, 5) is 23.0. The summed E-state index contributed by atoms with van der Waals surface area (Å²) in [6.07, 6.45) is 0. The quantitative estimate of drug-likeness (QED) is 0.572. The standard InChI is InChI=1S/C11H14FN3O2S/c1-6(10(16)15-11(17)14-2)18-9-5-7(12)3-4-8(9)13/h3-6H,13H2,1-2H3,(H2,14,15,16,17). The number of amides is 3. The second-order valence-electron chi connectivity index (χ2n) is 3.51. The van der Waals surface area contributed by atoms with E-state index in [1.165, 1.54) is 25.2 Å². The molecule has 0 saturated heterocycles. The Balaban J connectivity index is 2.69. The van der Waals surface area contributed by atoms with Gasteiger partial charge in [0.1, 0.15) is 5.82 Å². The Bertz CT molecular complexity index is 468. The summed E-state index contributed by atoms with van der Waals surface area (Å²) in [5.74, 6) is -0.895. The molecule has 98 valence electrons. The Kier molecular flexibility index (Phi) is 4.96. The van der Waals surface area contributed by atoms with Crippen LogP contribution in [0.2, 0.25) is 0 Å². The molecule has 18 heavy (non-hydrogen) atoms. The molecule has 3 amide bonds. The molecule has 0 aliphatic carbocycles. The Hall–Kier alpha value is -1.76. The van der Waals surface area contributed by atoms with Crippen molar-refractivity contribution >= 4 is 29.4 Å². The van der Waals surface area contributed by atoms with E-state index >= 15 is 0 Å². The molecule has 0 radical (unpaired) electrons. The molecule has 0 aromatic heterocycles. The van der Waals surface area contributed by atoms with Gasteiger partial charge in [-0.2, -0.15) is 0 Å². The summed E-state index contributed by atoms with van der Waals surface area (Å²) >= 11 is 1.09. The normalized spacial score (nSPS) is 11.7. The maximum atomic E-state index is 13.0. The summed E-state index contributed by atoms with van der Waals surface area (Å²) in [5.41, 5.74) is 6.06. The molecule has 1 rings (SSSR count). The molecule has 5 nitrogen and oxygen atoms in total. The van der Waals surface area contributed by atoms with Crippen molar-refractivity contribution in [3.63, 3.8) is 0 Å². The second-order valence-corrected chi connectivity index (χ2v) is 4.89. The molecule has 4 N–H and O–H groups in total.